The molecular weight excluding hydrogens is 460 g/mol. The third-order valence-electron chi connectivity index (χ3n) is 3.42. The fourth-order valence-corrected chi connectivity index (χ4v) is 4.32. The smallest absolute Gasteiger partial charge is 0.408 e. The van der Waals surface area contributed by atoms with Crippen LogP contribution in [0.1, 0.15) is 54.4 Å². The monoisotopic (exact) mass is 496 g/mol. The van der Waals surface area contributed by atoms with Crippen molar-refractivity contribution in [2.45, 2.75) is 77.7 Å². The van der Waals surface area contributed by atoms with E-state index >= 15 is 0 Å². The lowest BCUT2D eigenvalue weighted by Gasteiger charge is -2.23. The van der Waals surface area contributed by atoms with Gasteiger partial charge in [-0.05, 0) is 54.4 Å². The molecule has 0 fully saturated rings. The Kier molecular flexibility index (Phi) is 13.5. The number of ether oxygens (including phenoxy) is 4. The van der Waals surface area contributed by atoms with Gasteiger partial charge in [-0.2, -0.15) is 0 Å². The largest absolute Gasteiger partial charge is 0.467 e. The van der Waals surface area contributed by atoms with E-state index in [1.807, 2.05) is 0 Å². The summed E-state index contributed by atoms with van der Waals surface area (Å²) in [5, 5.41) is 5.03. The van der Waals surface area contributed by atoms with E-state index < -0.39 is 47.4 Å². The van der Waals surface area contributed by atoms with E-state index in [0.717, 1.165) is 0 Å². The highest BCUT2D eigenvalue weighted by Gasteiger charge is 2.26. The first kappa shape index (κ1) is 30.2. The molecule has 0 aliphatic heterocycles. The maximum atomic E-state index is 11.9. The molecule has 2 N–H and O–H groups in total. The number of hydrogen-bond acceptors (Lipinski definition) is 10. The molecule has 0 aliphatic rings. The van der Waals surface area contributed by atoms with Crippen LogP contribution in [0.25, 0.3) is 0 Å². The maximum Gasteiger partial charge on any atom is 0.408 e. The van der Waals surface area contributed by atoms with Gasteiger partial charge in [0.05, 0.1) is 14.2 Å². The van der Waals surface area contributed by atoms with Crippen LogP contribution in [0.5, 0.6) is 0 Å². The standard InChI is InChI=1S/C20H36N2O8S2/c1-19(2,3)29-17(25)21-13(15(23)27-7)9-11-31-32-12-10-14(16(24)28-8)22-18(26)30-20(4,5)6/h13-14H,9-12H2,1-8H3,(H,21,25)(H,22,26)/t13-,14?/m0/s1. The zero-order valence-electron chi connectivity index (χ0n) is 20.1. The van der Waals surface area contributed by atoms with Gasteiger partial charge in [-0.3, -0.25) is 0 Å². The number of alkyl carbamates (subject to hydrolysis) is 2. The lowest BCUT2D eigenvalue weighted by molar-refractivity contribution is -0.143. The molecule has 10 nitrogen and oxygen atoms in total. The lowest BCUT2D eigenvalue weighted by atomic mass is 10.2. The summed E-state index contributed by atoms with van der Waals surface area (Å²) >= 11 is 0. The second kappa shape index (κ2) is 14.4. The summed E-state index contributed by atoms with van der Waals surface area (Å²) in [6, 6.07) is -1.67. The van der Waals surface area contributed by atoms with Gasteiger partial charge >= 0.3 is 24.1 Å². The van der Waals surface area contributed by atoms with Gasteiger partial charge in [-0.25, -0.2) is 19.2 Å². The number of hydrogen-bond donors (Lipinski definition) is 2. The molecule has 0 aromatic heterocycles. The quantitative estimate of drug-likeness (QED) is 0.190. The third-order valence-corrected chi connectivity index (χ3v) is 5.89. The minimum absolute atomic E-state index is 0.334. The van der Waals surface area contributed by atoms with Crippen molar-refractivity contribution in [2.75, 3.05) is 25.7 Å². The maximum absolute atomic E-state index is 11.9. The van der Waals surface area contributed by atoms with Crippen LogP contribution in [0.3, 0.4) is 0 Å². The van der Waals surface area contributed by atoms with E-state index in [-0.39, 0.29) is 0 Å². The van der Waals surface area contributed by atoms with Crippen molar-refractivity contribution >= 4 is 45.7 Å². The van der Waals surface area contributed by atoms with E-state index in [4.69, 9.17) is 18.9 Å². The number of nitrogens with one attached hydrogen (secondary N) is 2. The van der Waals surface area contributed by atoms with Crippen molar-refractivity contribution < 1.29 is 38.1 Å². The normalized spacial score (nSPS) is 13.4. The zero-order valence-corrected chi connectivity index (χ0v) is 21.7. The van der Waals surface area contributed by atoms with Gasteiger partial charge in [0.15, 0.2) is 0 Å². The summed E-state index contributed by atoms with van der Waals surface area (Å²) in [5.41, 5.74) is -1.36. The molecule has 0 heterocycles. The van der Waals surface area contributed by atoms with Crippen molar-refractivity contribution in [2.24, 2.45) is 0 Å². The predicted octanol–water partition coefficient (Wildman–Crippen LogP) is 3.28. The molecule has 0 saturated heterocycles. The van der Waals surface area contributed by atoms with Crippen molar-refractivity contribution in [3.8, 4) is 0 Å². The van der Waals surface area contributed by atoms with Crippen molar-refractivity contribution in [1.82, 2.24) is 10.6 Å². The van der Waals surface area contributed by atoms with Gasteiger partial charge in [0.25, 0.3) is 0 Å². The van der Waals surface area contributed by atoms with Crippen LogP contribution >= 0.6 is 21.6 Å². The van der Waals surface area contributed by atoms with E-state index in [1.165, 1.54) is 35.8 Å². The van der Waals surface area contributed by atoms with Gasteiger partial charge < -0.3 is 29.6 Å². The number of amides is 2. The molecule has 0 saturated carbocycles. The van der Waals surface area contributed by atoms with Crippen molar-refractivity contribution in [1.29, 1.82) is 0 Å². The molecule has 0 rings (SSSR count). The average molecular weight is 497 g/mol. The van der Waals surface area contributed by atoms with Gasteiger partial charge in [0, 0.05) is 11.5 Å². The summed E-state index contributed by atoms with van der Waals surface area (Å²) in [4.78, 5) is 47.7. The predicted molar refractivity (Wildman–Crippen MR) is 124 cm³/mol. The Balaban J connectivity index is 4.49. The van der Waals surface area contributed by atoms with Crippen molar-refractivity contribution in [3.05, 3.63) is 0 Å². The Morgan fingerprint density at radius 2 is 1.00 bits per heavy atom. The Morgan fingerprint density at radius 1 is 0.688 bits per heavy atom. The van der Waals surface area contributed by atoms with E-state index in [2.05, 4.69) is 10.6 Å². The molecule has 12 heteroatoms. The zero-order chi connectivity index (χ0) is 24.9. The summed E-state index contributed by atoms with van der Waals surface area (Å²) in [6.45, 7) is 10.4. The molecule has 2 atom stereocenters. The first-order chi connectivity index (χ1) is 14.7. The number of carbonyl (C=O) groups excluding carboxylic acids is 4. The molecular formula is C20H36N2O8S2. The fourth-order valence-electron chi connectivity index (χ4n) is 2.13. The summed E-state index contributed by atoms with van der Waals surface area (Å²) in [7, 11) is 5.42. The van der Waals surface area contributed by atoms with E-state index in [1.54, 1.807) is 41.5 Å². The van der Waals surface area contributed by atoms with Crippen LogP contribution in [0.4, 0.5) is 9.59 Å². The average Bonchev–Trinajstić information content (AvgIpc) is 2.64. The Hall–Kier alpha value is -1.82. The number of methoxy groups -OCH3 is 2. The molecule has 0 spiro atoms. The van der Waals surface area contributed by atoms with Gasteiger partial charge in [-0.1, -0.05) is 21.6 Å². The second-order valence-electron chi connectivity index (χ2n) is 8.67. The highest BCUT2D eigenvalue weighted by Crippen LogP contribution is 2.24. The number of esters is 2. The van der Waals surface area contributed by atoms with Crippen LogP contribution in [-0.4, -0.2) is 73.1 Å². The SMILES string of the molecule is COC(=O)C(CCSSCC[C@H](NC(=O)OC(C)(C)C)C(=O)OC)NC(=O)OC(C)(C)C. The second-order valence-corrected chi connectivity index (χ2v) is 11.4. The van der Waals surface area contributed by atoms with E-state index in [9.17, 15) is 19.2 Å². The van der Waals surface area contributed by atoms with Crippen LogP contribution in [0.2, 0.25) is 0 Å². The number of carbonyl (C=O) groups is 4. The molecule has 0 aromatic rings. The van der Waals surface area contributed by atoms with Crippen LogP contribution in [0.15, 0.2) is 0 Å². The molecule has 0 aliphatic carbocycles. The Morgan fingerprint density at radius 3 is 1.25 bits per heavy atom. The Labute approximate surface area is 198 Å². The van der Waals surface area contributed by atoms with Gasteiger partial charge in [0.1, 0.15) is 23.3 Å². The first-order valence-corrected chi connectivity index (χ1v) is 12.6. The molecule has 1 unspecified atom stereocenters. The number of rotatable bonds is 11. The van der Waals surface area contributed by atoms with E-state index in [0.29, 0.717) is 24.3 Å². The van der Waals surface area contributed by atoms with Gasteiger partial charge in [-0.15, -0.1) is 0 Å². The Bertz CT molecular complexity index is 578. The molecule has 2 amide bonds. The molecule has 32 heavy (non-hydrogen) atoms. The summed E-state index contributed by atoms with van der Waals surface area (Å²) < 4.78 is 19.8. The molecule has 0 aromatic carbocycles. The topological polar surface area (TPSA) is 129 Å². The summed E-state index contributed by atoms with van der Waals surface area (Å²) in [5.74, 6) is -0.0619. The first-order valence-electron chi connectivity index (χ1n) is 10.1. The minimum atomic E-state index is -0.834. The minimum Gasteiger partial charge on any atom is -0.467 e. The van der Waals surface area contributed by atoms with Crippen molar-refractivity contribution in [3.63, 3.8) is 0 Å². The lowest BCUT2D eigenvalue weighted by Crippen LogP contribution is -2.44. The summed E-state index contributed by atoms with van der Waals surface area (Å²) in [6.07, 6.45) is -0.722. The van der Waals surface area contributed by atoms with Crippen LogP contribution in [-0.2, 0) is 28.5 Å². The highest BCUT2D eigenvalue weighted by molar-refractivity contribution is 8.76. The third kappa shape index (κ3) is 15.1. The fraction of sp³-hybridized carbons (Fsp3) is 0.800. The van der Waals surface area contributed by atoms with Crippen LogP contribution in [0, 0.1) is 0 Å². The highest BCUT2D eigenvalue weighted by atomic mass is 33.1. The molecule has 0 radical (unpaired) electrons. The molecule has 0 bridgehead atoms. The molecule has 186 valence electrons. The van der Waals surface area contributed by atoms with Gasteiger partial charge in [0.2, 0.25) is 0 Å². The van der Waals surface area contributed by atoms with Crippen LogP contribution < -0.4 is 10.6 Å².